The Morgan fingerprint density at radius 2 is 2.04 bits per heavy atom. The SMILES string of the molecule is N#Cc1cc(F)c(NC(=O)N2CCCN([C@@H]3COC[C@H]3O)CC2)cc1F. The van der Waals surface area contributed by atoms with Gasteiger partial charge >= 0.3 is 6.03 Å². The number of rotatable bonds is 2. The lowest BCUT2D eigenvalue weighted by Crippen LogP contribution is -2.45. The Bertz CT molecular complexity index is 725. The number of amides is 2. The second-order valence-electron chi connectivity index (χ2n) is 6.40. The molecule has 2 saturated heterocycles. The molecule has 9 heteroatoms. The molecule has 0 unspecified atom stereocenters. The summed E-state index contributed by atoms with van der Waals surface area (Å²) in [6.45, 7) is 2.91. The van der Waals surface area contributed by atoms with Gasteiger partial charge in [-0.05, 0) is 12.5 Å². The number of nitriles is 1. The summed E-state index contributed by atoms with van der Waals surface area (Å²) in [5, 5.41) is 21.0. The van der Waals surface area contributed by atoms with Crippen molar-refractivity contribution in [2.75, 3.05) is 44.7 Å². The maximum Gasteiger partial charge on any atom is 0.321 e. The third kappa shape index (κ3) is 3.93. The highest BCUT2D eigenvalue weighted by Gasteiger charge is 2.33. The van der Waals surface area contributed by atoms with E-state index in [-0.39, 0.29) is 11.7 Å². The molecule has 0 saturated carbocycles. The van der Waals surface area contributed by atoms with Gasteiger partial charge in [0.05, 0.1) is 36.6 Å². The maximum atomic E-state index is 13.9. The molecule has 2 aliphatic rings. The van der Waals surface area contributed by atoms with E-state index in [4.69, 9.17) is 10.00 Å². The van der Waals surface area contributed by atoms with Crippen LogP contribution in [-0.2, 0) is 4.74 Å². The fourth-order valence-corrected chi connectivity index (χ4v) is 3.28. The van der Waals surface area contributed by atoms with Crippen LogP contribution in [0, 0.1) is 23.0 Å². The molecule has 2 aliphatic heterocycles. The number of halogens is 2. The van der Waals surface area contributed by atoms with Crippen LogP contribution in [0.15, 0.2) is 12.1 Å². The summed E-state index contributed by atoms with van der Waals surface area (Å²) in [7, 11) is 0. The fraction of sp³-hybridized carbons (Fsp3) is 0.529. The Morgan fingerprint density at radius 3 is 2.73 bits per heavy atom. The lowest BCUT2D eigenvalue weighted by atomic mass is 10.2. The molecule has 2 fully saturated rings. The van der Waals surface area contributed by atoms with Crippen LogP contribution >= 0.6 is 0 Å². The zero-order chi connectivity index (χ0) is 18.7. The summed E-state index contributed by atoms with van der Waals surface area (Å²) < 4.78 is 32.9. The normalized spacial score (nSPS) is 24.2. The van der Waals surface area contributed by atoms with Crippen molar-refractivity contribution >= 4 is 11.7 Å². The number of benzene rings is 1. The summed E-state index contributed by atoms with van der Waals surface area (Å²) in [4.78, 5) is 16.0. The first-order valence-electron chi connectivity index (χ1n) is 8.44. The van der Waals surface area contributed by atoms with Gasteiger partial charge in [-0.15, -0.1) is 0 Å². The van der Waals surface area contributed by atoms with Crippen molar-refractivity contribution in [3.8, 4) is 6.07 Å². The number of aliphatic hydroxyl groups is 1. The van der Waals surface area contributed by atoms with Gasteiger partial charge in [-0.25, -0.2) is 13.6 Å². The highest BCUT2D eigenvalue weighted by molar-refractivity contribution is 5.89. The highest BCUT2D eigenvalue weighted by atomic mass is 19.1. The number of hydrogen-bond acceptors (Lipinski definition) is 5. The van der Waals surface area contributed by atoms with Crippen molar-refractivity contribution in [1.82, 2.24) is 9.80 Å². The molecule has 26 heavy (non-hydrogen) atoms. The van der Waals surface area contributed by atoms with Crippen molar-refractivity contribution < 1.29 is 23.4 Å². The lowest BCUT2D eigenvalue weighted by molar-refractivity contribution is 0.0845. The quantitative estimate of drug-likeness (QED) is 0.819. The van der Waals surface area contributed by atoms with Gasteiger partial charge < -0.3 is 20.1 Å². The van der Waals surface area contributed by atoms with Crippen LogP contribution in [0.25, 0.3) is 0 Å². The molecule has 3 rings (SSSR count). The summed E-state index contributed by atoms with van der Waals surface area (Å²) >= 11 is 0. The number of anilines is 1. The van der Waals surface area contributed by atoms with Crippen molar-refractivity contribution in [2.24, 2.45) is 0 Å². The van der Waals surface area contributed by atoms with Crippen LogP contribution < -0.4 is 5.32 Å². The van der Waals surface area contributed by atoms with Crippen molar-refractivity contribution in [1.29, 1.82) is 5.26 Å². The van der Waals surface area contributed by atoms with Gasteiger partial charge in [-0.3, -0.25) is 4.90 Å². The highest BCUT2D eigenvalue weighted by Crippen LogP contribution is 2.20. The van der Waals surface area contributed by atoms with Crippen LogP contribution in [0.2, 0.25) is 0 Å². The molecule has 2 atom stereocenters. The number of nitrogens with zero attached hydrogens (tertiary/aromatic N) is 3. The molecule has 0 bridgehead atoms. The standard InChI is InChI=1S/C17H20F2N4O3/c18-12-7-14(13(19)6-11(12)8-20)21-17(25)23-3-1-2-22(4-5-23)15-9-26-10-16(15)24/h6-7,15-16,24H,1-5,9-10H2,(H,21,25)/t15-,16-/m1/s1. The topological polar surface area (TPSA) is 88.8 Å². The van der Waals surface area contributed by atoms with Gasteiger partial charge in [0.2, 0.25) is 0 Å². The Labute approximate surface area is 149 Å². The minimum Gasteiger partial charge on any atom is -0.389 e. The van der Waals surface area contributed by atoms with Gasteiger partial charge in [-0.2, -0.15) is 5.26 Å². The molecule has 0 aromatic heterocycles. The van der Waals surface area contributed by atoms with Gasteiger partial charge in [0.1, 0.15) is 17.7 Å². The minimum atomic E-state index is -0.888. The van der Waals surface area contributed by atoms with Crippen LogP contribution in [0.4, 0.5) is 19.3 Å². The van der Waals surface area contributed by atoms with E-state index < -0.39 is 29.3 Å². The fourth-order valence-electron chi connectivity index (χ4n) is 3.28. The molecule has 2 N–H and O–H groups in total. The predicted molar refractivity (Wildman–Crippen MR) is 88.5 cm³/mol. The first kappa shape index (κ1) is 18.5. The molecule has 2 heterocycles. The van der Waals surface area contributed by atoms with Gasteiger partial charge in [0, 0.05) is 32.2 Å². The number of hydrogen-bond donors (Lipinski definition) is 2. The third-order valence-electron chi connectivity index (χ3n) is 4.73. The molecule has 2 amide bonds. The van der Waals surface area contributed by atoms with Gasteiger partial charge in [-0.1, -0.05) is 0 Å². The van der Waals surface area contributed by atoms with Crippen molar-refractivity contribution in [3.63, 3.8) is 0 Å². The molecular formula is C17H20F2N4O3. The largest absolute Gasteiger partial charge is 0.389 e. The molecule has 1 aromatic carbocycles. The monoisotopic (exact) mass is 366 g/mol. The van der Waals surface area contributed by atoms with E-state index in [2.05, 4.69) is 10.2 Å². The van der Waals surface area contributed by atoms with E-state index in [0.717, 1.165) is 12.1 Å². The number of carbonyl (C=O) groups is 1. The molecule has 140 valence electrons. The smallest absolute Gasteiger partial charge is 0.321 e. The molecule has 0 radical (unpaired) electrons. The second kappa shape index (κ2) is 7.95. The molecule has 1 aromatic rings. The number of aliphatic hydroxyl groups excluding tert-OH is 1. The predicted octanol–water partition coefficient (Wildman–Crippen LogP) is 1.14. The van der Waals surface area contributed by atoms with Gasteiger partial charge in [0.15, 0.2) is 0 Å². The van der Waals surface area contributed by atoms with E-state index in [1.54, 1.807) is 6.07 Å². The Balaban J connectivity index is 1.62. The average molecular weight is 366 g/mol. The summed E-state index contributed by atoms with van der Waals surface area (Å²) in [5.74, 6) is -1.75. The molecule has 7 nitrogen and oxygen atoms in total. The summed E-state index contributed by atoms with van der Waals surface area (Å²) in [5.41, 5.74) is -0.713. The second-order valence-corrected chi connectivity index (χ2v) is 6.40. The van der Waals surface area contributed by atoms with Crippen molar-refractivity contribution in [3.05, 3.63) is 29.3 Å². The Morgan fingerprint density at radius 1 is 1.23 bits per heavy atom. The number of ether oxygens (including phenoxy) is 1. The third-order valence-corrected chi connectivity index (χ3v) is 4.73. The maximum absolute atomic E-state index is 13.9. The van der Waals surface area contributed by atoms with E-state index in [0.29, 0.717) is 45.8 Å². The van der Waals surface area contributed by atoms with Gasteiger partial charge in [0.25, 0.3) is 0 Å². The minimum absolute atomic E-state index is 0.0805. The Kier molecular flexibility index (Phi) is 5.66. The lowest BCUT2D eigenvalue weighted by Gasteiger charge is -2.28. The average Bonchev–Trinajstić information content (AvgIpc) is 2.90. The van der Waals surface area contributed by atoms with Crippen LogP contribution in [-0.4, -0.2) is 72.5 Å². The molecule has 0 aliphatic carbocycles. The van der Waals surface area contributed by atoms with E-state index >= 15 is 0 Å². The van der Waals surface area contributed by atoms with E-state index in [1.165, 1.54) is 4.90 Å². The number of nitrogens with one attached hydrogen (secondary N) is 1. The van der Waals surface area contributed by atoms with Crippen LogP contribution in [0.5, 0.6) is 0 Å². The first-order chi connectivity index (χ1) is 12.5. The zero-order valence-electron chi connectivity index (χ0n) is 14.1. The van der Waals surface area contributed by atoms with E-state index in [1.807, 2.05) is 0 Å². The van der Waals surface area contributed by atoms with Crippen LogP contribution in [0.1, 0.15) is 12.0 Å². The number of carbonyl (C=O) groups excluding carboxylic acids is 1. The Hall–Kier alpha value is -2.28. The van der Waals surface area contributed by atoms with E-state index in [9.17, 15) is 18.7 Å². The number of urea groups is 1. The summed E-state index contributed by atoms with van der Waals surface area (Å²) in [6.07, 6.45) is 0.159. The zero-order valence-corrected chi connectivity index (χ0v) is 14.1. The summed E-state index contributed by atoms with van der Waals surface area (Å²) in [6, 6.07) is 2.51. The molecular weight excluding hydrogens is 346 g/mol. The van der Waals surface area contributed by atoms with Crippen molar-refractivity contribution in [2.45, 2.75) is 18.6 Å². The van der Waals surface area contributed by atoms with Crippen LogP contribution in [0.3, 0.4) is 0 Å². The molecule has 0 spiro atoms. The first-order valence-corrected chi connectivity index (χ1v) is 8.44.